The maximum absolute atomic E-state index is 14.8. The number of nitrogens with zero attached hydrogens (tertiary/aromatic N) is 5. The zero-order chi connectivity index (χ0) is 22.7. The Labute approximate surface area is 189 Å². The molecule has 0 bridgehead atoms. The van der Waals surface area contributed by atoms with Crippen molar-refractivity contribution < 1.29 is 23.7 Å². The fraction of sp³-hybridized carbons (Fsp3) is 0.261. The molecule has 33 heavy (non-hydrogen) atoms. The van der Waals surface area contributed by atoms with E-state index in [1.165, 1.54) is 12.1 Å². The second-order valence-corrected chi connectivity index (χ2v) is 7.74. The maximum atomic E-state index is 14.8. The van der Waals surface area contributed by atoms with Crippen LogP contribution in [-0.2, 0) is 35.0 Å². The average molecular weight is 451 g/mol. The smallest absolute Gasteiger partial charge is 0.216 e. The highest BCUT2D eigenvalue weighted by Gasteiger charge is 2.45. The number of halogens is 1. The molecule has 0 spiro atoms. The molecule has 2 atom stereocenters. The van der Waals surface area contributed by atoms with E-state index in [1.807, 2.05) is 30.3 Å². The number of aromatic hydroxyl groups is 1. The molecule has 2 aromatic carbocycles. The summed E-state index contributed by atoms with van der Waals surface area (Å²) in [6.45, 7) is 1.07. The van der Waals surface area contributed by atoms with Crippen molar-refractivity contribution in [2.45, 2.75) is 31.6 Å². The number of phenolic OH excluding ortho intramolecular Hbond substituents is 1. The van der Waals surface area contributed by atoms with Crippen LogP contribution in [0.3, 0.4) is 0 Å². The molecule has 0 aliphatic carbocycles. The van der Waals surface area contributed by atoms with Gasteiger partial charge in [0.15, 0.2) is 0 Å². The van der Waals surface area contributed by atoms with Crippen molar-refractivity contribution in [1.29, 1.82) is 0 Å². The highest BCUT2D eigenvalue weighted by atomic mass is 19.1. The van der Waals surface area contributed by atoms with Crippen molar-refractivity contribution >= 4 is 0 Å². The van der Waals surface area contributed by atoms with E-state index in [0.717, 1.165) is 11.8 Å². The summed E-state index contributed by atoms with van der Waals surface area (Å²) in [7, 11) is 0. The third-order valence-corrected chi connectivity index (χ3v) is 5.28. The van der Waals surface area contributed by atoms with Crippen LogP contribution in [0.4, 0.5) is 4.39 Å². The van der Waals surface area contributed by atoms with Gasteiger partial charge in [-0.25, -0.2) is 14.1 Å². The van der Waals surface area contributed by atoms with Gasteiger partial charge in [0.05, 0.1) is 32.2 Å². The third-order valence-electron chi connectivity index (χ3n) is 5.28. The first-order valence-electron chi connectivity index (χ1n) is 10.4. The number of benzene rings is 2. The first-order valence-corrected chi connectivity index (χ1v) is 10.4. The van der Waals surface area contributed by atoms with Crippen molar-refractivity contribution in [3.8, 4) is 11.5 Å². The predicted octanol–water partition coefficient (Wildman–Crippen LogP) is 2.87. The number of ether oxygens (including phenoxy) is 3. The Balaban J connectivity index is 1.29. The van der Waals surface area contributed by atoms with E-state index in [2.05, 4.69) is 15.3 Å². The van der Waals surface area contributed by atoms with E-state index in [4.69, 9.17) is 14.2 Å². The Kier molecular flexibility index (Phi) is 5.76. The fourth-order valence-electron chi connectivity index (χ4n) is 3.77. The quantitative estimate of drug-likeness (QED) is 0.440. The molecular formula is C23H22FN5O4. The Bertz CT molecular complexity index is 1200. The number of aromatic nitrogens is 5. The number of hydrogen-bond acceptors (Lipinski definition) is 7. The fourth-order valence-corrected chi connectivity index (χ4v) is 3.77. The lowest BCUT2D eigenvalue weighted by Gasteiger charge is -2.29. The number of imidazole rings is 1. The van der Waals surface area contributed by atoms with Crippen LogP contribution in [0.1, 0.15) is 11.3 Å². The normalized spacial score (nSPS) is 20.2. The highest BCUT2D eigenvalue weighted by Crippen LogP contribution is 2.38. The zero-order valence-corrected chi connectivity index (χ0v) is 17.6. The number of rotatable bonds is 8. The van der Waals surface area contributed by atoms with Gasteiger partial charge in [0.2, 0.25) is 5.79 Å². The average Bonchev–Trinajstić information content (AvgIpc) is 3.56. The molecule has 0 amide bonds. The molecule has 1 N–H and O–H groups in total. The molecule has 10 heteroatoms. The van der Waals surface area contributed by atoms with Gasteiger partial charge in [-0.15, -0.1) is 5.10 Å². The molecule has 1 saturated heterocycles. The van der Waals surface area contributed by atoms with Crippen molar-refractivity contribution in [2.24, 2.45) is 0 Å². The lowest BCUT2D eigenvalue weighted by atomic mass is 10.0. The van der Waals surface area contributed by atoms with Crippen LogP contribution < -0.4 is 4.74 Å². The standard InChI is InChI=1S/C23H22FN5O4/c24-22-10-18(30)6-7-21(22)23(15-28-9-8-25-16-28)32-14-20(33-23)12-29-11-17(26-27-29)13-31-19-4-2-1-3-5-19/h1-11,16,20,30H,12-15H2/t20-,23-/m0/s1. The number of para-hydroxylation sites is 1. The summed E-state index contributed by atoms with van der Waals surface area (Å²) in [4.78, 5) is 4.04. The predicted molar refractivity (Wildman–Crippen MR) is 114 cm³/mol. The van der Waals surface area contributed by atoms with Crippen LogP contribution in [0.5, 0.6) is 11.5 Å². The molecule has 2 aromatic heterocycles. The monoisotopic (exact) mass is 451 g/mol. The van der Waals surface area contributed by atoms with E-state index in [-0.39, 0.29) is 31.1 Å². The molecule has 9 nitrogen and oxygen atoms in total. The third kappa shape index (κ3) is 4.71. The van der Waals surface area contributed by atoms with Gasteiger partial charge in [0.1, 0.15) is 35.7 Å². The van der Waals surface area contributed by atoms with Gasteiger partial charge in [0.25, 0.3) is 0 Å². The molecular weight excluding hydrogens is 429 g/mol. The Morgan fingerprint density at radius 1 is 1.21 bits per heavy atom. The minimum Gasteiger partial charge on any atom is -0.508 e. The van der Waals surface area contributed by atoms with Crippen LogP contribution in [0, 0.1) is 5.82 Å². The van der Waals surface area contributed by atoms with E-state index in [1.54, 1.807) is 34.2 Å². The summed E-state index contributed by atoms with van der Waals surface area (Å²) in [5.74, 6) is -1.41. The van der Waals surface area contributed by atoms with Gasteiger partial charge < -0.3 is 23.9 Å². The molecule has 4 aromatic rings. The molecule has 1 aliphatic rings. The molecule has 0 saturated carbocycles. The lowest BCUT2D eigenvalue weighted by molar-refractivity contribution is -0.190. The van der Waals surface area contributed by atoms with E-state index in [9.17, 15) is 9.50 Å². The molecule has 1 aliphatic heterocycles. The molecule has 0 radical (unpaired) electrons. The van der Waals surface area contributed by atoms with Crippen LogP contribution >= 0.6 is 0 Å². The van der Waals surface area contributed by atoms with Gasteiger partial charge in [-0.05, 0) is 24.3 Å². The van der Waals surface area contributed by atoms with Crippen LogP contribution in [-0.4, -0.2) is 42.4 Å². The summed E-state index contributed by atoms with van der Waals surface area (Å²) < 4.78 is 36.2. The zero-order valence-electron chi connectivity index (χ0n) is 17.6. The topological polar surface area (TPSA) is 96.5 Å². The summed E-state index contributed by atoms with van der Waals surface area (Å²) in [5, 5.41) is 17.9. The van der Waals surface area contributed by atoms with Crippen LogP contribution in [0.2, 0.25) is 0 Å². The largest absolute Gasteiger partial charge is 0.508 e. The van der Waals surface area contributed by atoms with Gasteiger partial charge in [0, 0.05) is 24.0 Å². The van der Waals surface area contributed by atoms with Crippen molar-refractivity contribution in [1.82, 2.24) is 24.5 Å². The van der Waals surface area contributed by atoms with E-state index >= 15 is 0 Å². The Morgan fingerprint density at radius 2 is 2.09 bits per heavy atom. The SMILES string of the molecule is Oc1ccc([C@@]2(Cn3ccnc3)OC[C@H](Cn3cc(COc4ccccc4)nn3)O2)c(F)c1. The molecule has 1 fully saturated rings. The van der Waals surface area contributed by atoms with Crippen molar-refractivity contribution in [3.63, 3.8) is 0 Å². The minimum atomic E-state index is -1.37. The van der Waals surface area contributed by atoms with Gasteiger partial charge >= 0.3 is 0 Å². The first kappa shape index (κ1) is 21.1. The molecule has 3 heterocycles. The van der Waals surface area contributed by atoms with Crippen LogP contribution in [0.15, 0.2) is 73.4 Å². The van der Waals surface area contributed by atoms with Gasteiger partial charge in [-0.1, -0.05) is 23.4 Å². The summed E-state index contributed by atoms with van der Waals surface area (Å²) >= 11 is 0. The molecule has 0 unspecified atom stereocenters. The minimum absolute atomic E-state index is 0.170. The maximum Gasteiger partial charge on any atom is 0.216 e. The van der Waals surface area contributed by atoms with Gasteiger partial charge in [-0.2, -0.15) is 0 Å². The number of phenols is 1. The van der Waals surface area contributed by atoms with Crippen molar-refractivity contribution in [3.05, 3.63) is 90.5 Å². The molecule has 170 valence electrons. The van der Waals surface area contributed by atoms with E-state index in [0.29, 0.717) is 12.2 Å². The Morgan fingerprint density at radius 3 is 2.88 bits per heavy atom. The summed E-state index contributed by atoms with van der Waals surface area (Å²) in [5.41, 5.74) is 0.874. The summed E-state index contributed by atoms with van der Waals surface area (Å²) in [6.07, 6.45) is 6.37. The highest BCUT2D eigenvalue weighted by molar-refractivity contribution is 5.31. The van der Waals surface area contributed by atoms with E-state index < -0.39 is 17.7 Å². The van der Waals surface area contributed by atoms with Crippen LogP contribution in [0.25, 0.3) is 0 Å². The second-order valence-electron chi connectivity index (χ2n) is 7.74. The second kappa shape index (κ2) is 9.00. The molecule has 5 rings (SSSR count). The Hall–Kier alpha value is -3.76. The van der Waals surface area contributed by atoms with Crippen molar-refractivity contribution in [2.75, 3.05) is 6.61 Å². The summed E-state index contributed by atoms with van der Waals surface area (Å²) in [6, 6.07) is 13.4. The number of hydrogen-bond donors (Lipinski definition) is 1. The lowest BCUT2D eigenvalue weighted by Crippen LogP contribution is -2.35. The first-order chi connectivity index (χ1) is 16.1. The van der Waals surface area contributed by atoms with Gasteiger partial charge in [-0.3, -0.25) is 0 Å².